The summed E-state index contributed by atoms with van der Waals surface area (Å²) in [5.41, 5.74) is 3.74. The van der Waals surface area contributed by atoms with E-state index in [1.54, 1.807) is 0 Å². The van der Waals surface area contributed by atoms with Crippen LogP contribution in [0.25, 0.3) is 0 Å². The van der Waals surface area contributed by atoms with E-state index in [1.165, 1.54) is 6.07 Å². The van der Waals surface area contributed by atoms with Crippen LogP contribution in [0.2, 0.25) is 0 Å². The van der Waals surface area contributed by atoms with Crippen molar-refractivity contribution in [3.63, 3.8) is 0 Å². The number of pyridine rings is 1. The summed E-state index contributed by atoms with van der Waals surface area (Å²) < 4.78 is 37.7. The quantitative estimate of drug-likeness (QED) is 0.737. The van der Waals surface area contributed by atoms with Crippen molar-refractivity contribution in [1.29, 1.82) is 5.26 Å². The number of hydrogen-bond donors (Lipinski definition) is 1. The molecule has 0 saturated carbocycles. The summed E-state index contributed by atoms with van der Waals surface area (Å²) in [6, 6.07) is 1.35. The second-order valence-electron chi connectivity index (χ2n) is 2.48. The zero-order valence-corrected chi connectivity index (χ0v) is 6.97. The summed E-state index contributed by atoms with van der Waals surface area (Å²) in [5.74, 6) is -1.19. The van der Waals surface area contributed by atoms with Gasteiger partial charge in [-0.15, -0.1) is 0 Å². The van der Waals surface area contributed by atoms with Gasteiger partial charge in [0.05, 0.1) is 0 Å². The molecule has 1 aromatic rings. The Morgan fingerprint density at radius 1 is 1.57 bits per heavy atom. The highest BCUT2D eigenvalue weighted by atomic mass is 19.3. The van der Waals surface area contributed by atoms with Crippen LogP contribution in [0.4, 0.5) is 13.2 Å². The minimum atomic E-state index is -2.93. The molecule has 0 atom stereocenters. The van der Waals surface area contributed by atoms with E-state index in [2.05, 4.69) is 4.98 Å². The van der Waals surface area contributed by atoms with E-state index in [1.807, 2.05) is 0 Å². The standard InChI is InChI=1S/C8H6F3N3/c9-7(10)6-4(1-12)3-14-8(11)5(6)2-13/h3,7H,1,12H2. The van der Waals surface area contributed by atoms with Gasteiger partial charge in [-0.05, 0) is 5.56 Å². The molecule has 0 aliphatic carbocycles. The van der Waals surface area contributed by atoms with Gasteiger partial charge in [0.25, 0.3) is 6.43 Å². The number of aromatic nitrogens is 1. The first-order valence-corrected chi connectivity index (χ1v) is 3.67. The van der Waals surface area contributed by atoms with E-state index >= 15 is 0 Å². The number of rotatable bonds is 2. The first kappa shape index (κ1) is 10.5. The Hall–Kier alpha value is -1.61. The molecule has 74 valence electrons. The normalized spacial score (nSPS) is 10.3. The van der Waals surface area contributed by atoms with Gasteiger partial charge in [-0.2, -0.15) is 9.65 Å². The molecule has 6 heteroatoms. The van der Waals surface area contributed by atoms with Gasteiger partial charge >= 0.3 is 0 Å². The van der Waals surface area contributed by atoms with Gasteiger partial charge in [0, 0.05) is 18.3 Å². The summed E-state index contributed by atoms with van der Waals surface area (Å²) in [6.07, 6.45) is -2.02. The maximum atomic E-state index is 12.8. The van der Waals surface area contributed by atoms with Gasteiger partial charge in [0.15, 0.2) is 0 Å². The van der Waals surface area contributed by atoms with E-state index in [0.29, 0.717) is 0 Å². The molecule has 2 N–H and O–H groups in total. The van der Waals surface area contributed by atoms with Crippen LogP contribution < -0.4 is 5.73 Å². The van der Waals surface area contributed by atoms with Crippen molar-refractivity contribution < 1.29 is 13.2 Å². The molecule has 0 bridgehead atoms. The molecule has 0 spiro atoms. The number of hydrogen-bond acceptors (Lipinski definition) is 3. The Balaban J connectivity index is 3.46. The largest absolute Gasteiger partial charge is 0.326 e. The highest BCUT2D eigenvalue weighted by Gasteiger charge is 2.21. The van der Waals surface area contributed by atoms with Crippen molar-refractivity contribution in [2.45, 2.75) is 13.0 Å². The van der Waals surface area contributed by atoms with Gasteiger partial charge in [-0.3, -0.25) is 0 Å². The van der Waals surface area contributed by atoms with E-state index in [9.17, 15) is 13.2 Å². The second-order valence-corrected chi connectivity index (χ2v) is 2.48. The molecule has 0 aliphatic rings. The molecule has 0 fully saturated rings. The highest BCUT2D eigenvalue weighted by molar-refractivity contribution is 5.41. The smallest absolute Gasteiger partial charge is 0.265 e. The fraction of sp³-hybridized carbons (Fsp3) is 0.250. The lowest BCUT2D eigenvalue weighted by molar-refractivity contribution is 0.149. The van der Waals surface area contributed by atoms with Crippen LogP contribution >= 0.6 is 0 Å². The summed E-state index contributed by atoms with van der Waals surface area (Å²) in [4.78, 5) is 3.16. The minimum Gasteiger partial charge on any atom is -0.326 e. The maximum absolute atomic E-state index is 12.8. The Morgan fingerprint density at radius 2 is 2.21 bits per heavy atom. The number of nitrogens with zero attached hydrogens (tertiary/aromatic N) is 2. The van der Waals surface area contributed by atoms with Gasteiger partial charge in [-0.1, -0.05) is 0 Å². The van der Waals surface area contributed by atoms with E-state index < -0.39 is 23.5 Å². The minimum absolute atomic E-state index is 0.0158. The second kappa shape index (κ2) is 4.07. The van der Waals surface area contributed by atoms with Crippen LogP contribution in [0.3, 0.4) is 0 Å². The third kappa shape index (κ3) is 1.67. The first-order valence-electron chi connectivity index (χ1n) is 3.67. The molecule has 0 aromatic carbocycles. The summed E-state index contributed by atoms with van der Waals surface area (Å²) in [6.45, 7) is -0.207. The van der Waals surface area contributed by atoms with Gasteiger partial charge in [-0.25, -0.2) is 13.8 Å². The molecule has 0 amide bonds. The first-order chi connectivity index (χ1) is 6.61. The topological polar surface area (TPSA) is 62.7 Å². The lowest BCUT2D eigenvalue weighted by Crippen LogP contribution is -2.07. The molecular formula is C8H6F3N3. The lowest BCUT2D eigenvalue weighted by Gasteiger charge is -2.08. The average molecular weight is 201 g/mol. The summed E-state index contributed by atoms with van der Waals surface area (Å²) in [5, 5.41) is 8.46. The Labute approximate surface area is 78.0 Å². The maximum Gasteiger partial charge on any atom is 0.265 e. The molecular weight excluding hydrogens is 195 g/mol. The zero-order chi connectivity index (χ0) is 10.7. The molecule has 3 nitrogen and oxygen atoms in total. The van der Waals surface area contributed by atoms with E-state index in [-0.39, 0.29) is 12.1 Å². The number of nitrogens with two attached hydrogens (primary N) is 1. The Morgan fingerprint density at radius 3 is 2.64 bits per heavy atom. The van der Waals surface area contributed by atoms with Crippen LogP contribution in [-0.4, -0.2) is 4.98 Å². The highest BCUT2D eigenvalue weighted by Crippen LogP contribution is 2.26. The molecule has 1 heterocycles. The Bertz CT molecular complexity index is 384. The predicted octanol–water partition coefficient (Wildman–Crippen LogP) is 1.49. The van der Waals surface area contributed by atoms with Gasteiger partial charge in [0.2, 0.25) is 5.95 Å². The van der Waals surface area contributed by atoms with Gasteiger partial charge in [0.1, 0.15) is 11.6 Å². The van der Waals surface area contributed by atoms with E-state index in [4.69, 9.17) is 11.0 Å². The molecule has 1 rings (SSSR count). The number of halogens is 3. The number of alkyl halides is 2. The summed E-state index contributed by atoms with van der Waals surface area (Å²) >= 11 is 0. The molecule has 0 aliphatic heterocycles. The molecule has 14 heavy (non-hydrogen) atoms. The third-order valence-electron chi connectivity index (χ3n) is 1.71. The van der Waals surface area contributed by atoms with Crippen LogP contribution in [0.15, 0.2) is 6.20 Å². The Kier molecular flexibility index (Phi) is 3.04. The molecule has 0 radical (unpaired) electrons. The molecule has 0 unspecified atom stereocenters. The average Bonchev–Trinajstić information content (AvgIpc) is 2.17. The van der Waals surface area contributed by atoms with Crippen molar-refractivity contribution in [1.82, 2.24) is 4.98 Å². The van der Waals surface area contributed by atoms with Gasteiger partial charge < -0.3 is 5.73 Å². The van der Waals surface area contributed by atoms with Crippen molar-refractivity contribution in [2.75, 3.05) is 0 Å². The van der Waals surface area contributed by atoms with Crippen molar-refractivity contribution in [3.8, 4) is 6.07 Å². The fourth-order valence-electron chi connectivity index (χ4n) is 1.06. The van der Waals surface area contributed by atoms with Crippen LogP contribution in [0.1, 0.15) is 23.1 Å². The van der Waals surface area contributed by atoms with E-state index in [0.717, 1.165) is 6.20 Å². The monoisotopic (exact) mass is 201 g/mol. The van der Waals surface area contributed by atoms with Crippen molar-refractivity contribution in [2.24, 2.45) is 5.73 Å². The molecule has 1 aromatic heterocycles. The molecule has 0 saturated heterocycles. The lowest BCUT2D eigenvalue weighted by atomic mass is 10.1. The van der Waals surface area contributed by atoms with Crippen LogP contribution in [-0.2, 0) is 6.54 Å². The predicted molar refractivity (Wildman–Crippen MR) is 41.8 cm³/mol. The third-order valence-corrected chi connectivity index (χ3v) is 1.71. The fourth-order valence-corrected chi connectivity index (χ4v) is 1.06. The van der Waals surface area contributed by atoms with Crippen molar-refractivity contribution in [3.05, 3.63) is 28.8 Å². The van der Waals surface area contributed by atoms with Crippen molar-refractivity contribution >= 4 is 0 Å². The summed E-state index contributed by atoms with van der Waals surface area (Å²) in [7, 11) is 0. The van der Waals surface area contributed by atoms with Crippen LogP contribution in [0, 0.1) is 17.3 Å². The SMILES string of the molecule is N#Cc1c(F)ncc(CN)c1C(F)F. The zero-order valence-electron chi connectivity index (χ0n) is 6.97. The van der Waals surface area contributed by atoms with Crippen LogP contribution in [0.5, 0.6) is 0 Å². The number of nitriles is 1.